The molecule has 26 heavy (non-hydrogen) atoms. The summed E-state index contributed by atoms with van der Waals surface area (Å²) in [4.78, 5) is 30.8. The fourth-order valence-electron chi connectivity index (χ4n) is 3.69. The zero-order chi connectivity index (χ0) is 18.7. The van der Waals surface area contributed by atoms with Gasteiger partial charge < -0.3 is 9.80 Å². The van der Waals surface area contributed by atoms with Gasteiger partial charge in [0.25, 0.3) is 5.91 Å². The van der Waals surface area contributed by atoms with Gasteiger partial charge in [0, 0.05) is 43.2 Å². The largest absolute Gasteiger partial charge is 0.339 e. The molecule has 0 radical (unpaired) electrons. The highest BCUT2D eigenvalue weighted by atomic mass is 79.9. The second-order valence-electron chi connectivity index (χ2n) is 7.12. The molecule has 2 amide bonds. The Morgan fingerprint density at radius 1 is 1.15 bits per heavy atom. The van der Waals surface area contributed by atoms with Crippen LogP contribution in [-0.2, 0) is 4.79 Å². The van der Waals surface area contributed by atoms with E-state index in [0.717, 1.165) is 19.4 Å². The molecule has 2 aliphatic rings. The van der Waals surface area contributed by atoms with E-state index >= 15 is 0 Å². The molecule has 1 unspecified atom stereocenters. The molecule has 0 aliphatic carbocycles. The van der Waals surface area contributed by atoms with E-state index in [-0.39, 0.29) is 17.4 Å². The standard InChI is InChI=1S/C19H25BrFN3O2/c1-14-4-2-3-7-24(14)18(25)13-22-8-10-23(11-9-22)19(26)16-12-15(20)5-6-17(16)21/h5-6,12,14H,2-4,7-11,13H2,1H3. The quantitative estimate of drug-likeness (QED) is 0.747. The molecule has 0 aromatic heterocycles. The number of nitrogens with zero attached hydrogens (tertiary/aromatic N) is 3. The van der Waals surface area contributed by atoms with Gasteiger partial charge in [0.2, 0.25) is 5.91 Å². The van der Waals surface area contributed by atoms with Crippen LogP contribution in [0, 0.1) is 5.82 Å². The monoisotopic (exact) mass is 425 g/mol. The molecule has 0 saturated carbocycles. The predicted octanol–water partition coefficient (Wildman–Crippen LogP) is 2.75. The zero-order valence-electron chi connectivity index (χ0n) is 15.1. The van der Waals surface area contributed by atoms with Gasteiger partial charge in [-0.2, -0.15) is 0 Å². The van der Waals surface area contributed by atoms with Crippen LogP contribution in [0.2, 0.25) is 0 Å². The Morgan fingerprint density at radius 2 is 1.88 bits per heavy atom. The first-order valence-corrected chi connectivity index (χ1v) is 10.0. The second kappa shape index (κ2) is 8.48. The van der Waals surface area contributed by atoms with Crippen LogP contribution in [0.3, 0.4) is 0 Å². The Bertz CT molecular complexity index is 677. The average molecular weight is 426 g/mol. The molecule has 3 rings (SSSR count). The highest BCUT2D eigenvalue weighted by molar-refractivity contribution is 9.10. The maximum atomic E-state index is 13.9. The van der Waals surface area contributed by atoms with Crippen LogP contribution >= 0.6 is 15.9 Å². The first-order chi connectivity index (χ1) is 12.5. The van der Waals surface area contributed by atoms with Crippen molar-refractivity contribution in [3.8, 4) is 0 Å². The number of carbonyl (C=O) groups excluding carboxylic acids is 2. The van der Waals surface area contributed by atoms with Gasteiger partial charge in [-0.25, -0.2) is 4.39 Å². The third-order valence-corrected chi connectivity index (χ3v) is 5.79. The lowest BCUT2D eigenvalue weighted by molar-refractivity contribution is -0.136. The summed E-state index contributed by atoms with van der Waals surface area (Å²) in [7, 11) is 0. The Balaban J connectivity index is 1.53. The Hall–Kier alpha value is -1.47. The third kappa shape index (κ3) is 4.43. The maximum Gasteiger partial charge on any atom is 0.256 e. The number of hydrogen-bond donors (Lipinski definition) is 0. The summed E-state index contributed by atoms with van der Waals surface area (Å²) in [6.07, 6.45) is 3.35. The van der Waals surface area contributed by atoms with Crippen LogP contribution in [0.5, 0.6) is 0 Å². The van der Waals surface area contributed by atoms with Crippen LogP contribution in [0.15, 0.2) is 22.7 Å². The topological polar surface area (TPSA) is 43.9 Å². The second-order valence-corrected chi connectivity index (χ2v) is 8.04. The molecule has 1 aromatic rings. The molecule has 2 saturated heterocycles. The minimum Gasteiger partial charge on any atom is -0.339 e. The summed E-state index contributed by atoms with van der Waals surface area (Å²) >= 11 is 3.28. The Kier molecular flexibility index (Phi) is 6.29. The van der Waals surface area contributed by atoms with Crippen LogP contribution in [0.1, 0.15) is 36.5 Å². The van der Waals surface area contributed by atoms with E-state index in [2.05, 4.69) is 27.8 Å². The number of carbonyl (C=O) groups is 2. The lowest BCUT2D eigenvalue weighted by atomic mass is 10.0. The molecular formula is C19H25BrFN3O2. The maximum absolute atomic E-state index is 13.9. The molecule has 1 aromatic carbocycles. The fraction of sp³-hybridized carbons (Fsp3) is 0.579. The van der Waals surface area contributed by atoms with E-state index in [1.807, 2.05) is 4.90 Å². The molecule has 1 atom stereocenters. The van der Waals surface area contributed by atoms with Gasteiger partial charge in [-0.3, -0.25) is 14.5 Å². The molecule has 142 valence electrons. The van der Waals surface area contributed by atoms with Crippen LogP contribution in [-0.4, -0.2) is 71.8 Å². The lowest BCUT2D eigenvalue weighted by Crippen LogP contribution is -2.53. The minimum atomic E-state index is -0.505. The smallest absolute Gasteiger partial charge is 0.256 e. The summed E-state index contributed by atoms with van der Waals surface area (Å²) in [6, 6.07) is 4.72. The van der Waals surface area contributed by atoms with E-state index in [0.29, 0.717) is 43.2 Å². The minimum absolute atomic E-state index is 0.0889. The number of halogens is 2. The van der Waals surface area contributed by atoms with Crippen molar-refractivity contribution in [3.63, 3.8) is 0 Å². The molecule has 0 spiro atoms. The van der Waals surface area contributed by atoms with Gasteiger partial charge >= 0.3 is 0 Å². The van der Waals surface area contributed by atoms with Crippen LogP contribution in [0.25, 0.3) is 0 Å². The predicted molar refractivity (Wildman–Crippen MR) is 101 cm³/mol. The van der Waals surface area contributed by atoms with Gasteiger partial charge in [0.05, 0.1) is 12.1 Å². The van der Waals surface area contributed by atoms with Gasteiger partial charge in [0.1, 0.15) is 5.82 Å². The Morgan fingerprint density at radius 3 is 2.58 bits per heavy atom. The van der Waals surface area contributed by atoms with Crippen molar-refractivity contribution in [1.82, 2.24) is 14.7 Å². The first-order valence-electron chi connectivity index (χ1n) is 9.22. The van der Waals surface area contributed by atoms with Crippen molar-refractivity contribution in [2.24, 2.45) is 0 Å². The van der Waals surface area contributed by atoms with Gasteiger partial charge in [-0.05, 0) is 44.4 Å². The third-order valence-electron chi connectivity index (χ3n) is 5.30. The number of amides is 2. The molecule has 2 heterocycles. The summed E-state index contributed by atoms with van der Waals surface area (Å²) < 4.78 is 14.6. The number of piperidine rings is 1. The van der Waals surface area contributed by atoms with Crippen molar-refractivity contribution >= 4 is 27.7 Å². The van der Waals surface area contributed by atoms with Gasteiger partial charge in [-0.1, -0.05) is 15.9 Å². The summed E-state index contributed by atoms with van der Waals surface area (Å²) in [5.41, 5.74) is 0.0889. The van der Waals surface area contributed by atoms with E-state index < -0.39 is 5.82 Å². The van der Waals surface area contributed by atoms with E-state index in [1.54, 1.807) is 11.0 Å². The van der Waals surface area contributed by atoms with Crippen molar-refractivity contribution in [2.45, 2.75) is 32.2 Å². The SMILES string of the molecule is CC1CCCCN1C(=O)CN1CCN(C(=O)c2cc(Br)ccc2F)CC1. The molecule has 0 bridgehead atoms. The number of hydrogen-bond acceptors (Lipinski definition) is 3. The Labute approximate surface area is 162 Å². The summed E-state index contributed by atoms with van der Waals surface area (Å²) in [5, 5.41) is 0. The van der Waals surface area contributed by atoms with Crippen LogP contribution < -0.4 is 0 Å². The van der Waals surface area contributed by atoms with E-state index in [9.17, 15) is 14.0 Å². The molecule has 2 fully saturated rings. The molecule has 0 N–H and O–H groups in total. The number of piperazine rings is 1. The summed E-state index contributed by atoms with van der Waals surface area (Å²) in [5.74, 6) is -0.621. The van der Waals surface area contributed by atoms with Gasteiger partial charge in [0.15, 0.2) is 0 Å². The fourth-order valence-corrected chi connectivity index (χ4v) is 4.05. The normalized spacial score (nSPS) is 21.7. The summed E-state index contributed by atoms with van der Waals surface area (Å²) in [6.45, 7) is 5.64. The molecular weight excluding hydrogens is 401 g/mol. The number of likely N-dealkylation sites (tertiary alicyclic amines) is 1. The highest BCUT2D eigenvalue weighted by Crippen LogP contribution is 2.19. The van der Waals surface area contributed by atoms with Crippen molar-refractivity contribution in [2.75, 3.05) is 39.3 Å². The number of benzene rings is 1. The molecule has 7 heteroatoms. The average Bonchev–Trinajstić information content (AvgIpc) is 2.64. The van der Waals surface area contributed by atoms with Crippen molar-refractivity contribution in [3.05, 3.63) is 34.1 Å². The number of rotatable bonds is 3. The van der Waals surface area contributed by atoms with E-state index in [4.69, 9.17) is 0 Å². The van der Waals surface area contributed by atoms with Crippen LogP contribution in [0.4, 0.5) is 4.39 Å². The first kappa shape index (κ1) is 19.3. The van der Waals surface area contributed by atoms with Crippen molar-refractivity contribution in [1.29, 1.82) is 0 Å². The van der Waals surface area contributed by atoms with E-state index in [1.165, 1.54) is 18.6 Å². The lowest BCUT2D eigenvalue weighted by Gasteiger charge is -2.38. The molecule has 2 aliphatic heterocycles. The van der Waals surface area contributed by atoms with Gasteiger partial charge in [-0.15, -0.1) is 0 Å². The van der Waals surface area contributed by atoms with Crippen molar-refractivity contribution < 1.29 is 14.0 Å². The zero-order valence-corrected chi connectivity index (χ0v) is 16.7. The molecule has 5 nitrogen and oxygen atoms in total. The highest BCUT2D eigenvalue weighted by Gasteiger charge is 2.28.